The number of nitrogens with one attached hydrogen (secondary N) is 3. The molecule has 0 atom stereocenters. The van der Waals surface area contributed by atoms with Crippen LogP contribution >= 0.6 is 0 Å². The minimum absolute atomic E-state index is 0.224. The number of ether oxygens (including phenoxy) is 2. The average molecular weight is 462 g/mol. The number of carbonyl (C=O) groups is 3. The Labute approximate surface area is 198 Å². The van der Waals surface area contributed by atoms with Crippen LogP contribution in [0.5, 0.6) is 5.75 Å². The van der Waals surface area contributed by atoms with E-state index in [4.69, 9.17) is 9.47 Å². The van der Waals surface area contributed by atoms with Gasteiger partial charge in [-0.1, -0.05) is 32.0 Å². The Morgan fingerprint density at radius 3 is 2.15 bits per heavy atom. The van der Waals surface area contributed by atoms with Gasteiger partial charge in [0.2, 0.25) is 0 Å². The zero-order valence-electron chi connectivity index (χ0n) is 19.3. The van der Waals surface area contributed by atoms with E-state index in [1.807, 2.05) is 13.8 Å². The molecule has 34 heavy (non-hydrogen) atoms. The van der Waals surface area contributed by atoms with Crippen LogP contribution in [0.2, 0.25) is 0 Å². The second kappa shape index (κ2) is 11.5. The smallest absolute Gasteiger partial charge is 0.411 e. The Kier molecular flexibility index (Phi) is 8.23. The van der Waals surface area contributed by atoms with E-state index in [-0.39, 0.29) is 11.8 Å². The summed E-state index contributed by atoms with van der Waals surface area (Å²) in [7, 11) is 1.55. The van der Waals surface area contributed by atoms with Crippen LogP contribution in [-0.4, -0.2) is 31.6 Å². The predicted octanol–water partition coefficient (Wildman–Crippen LogP) is 5.40. The van der Waals surface area contributed by atoms with Gasteiger partial charge in [0.05, 0.1) is 25.0 Å². The highest BCUT2D eigenvalue weighted by molar-refractivity contribution is 6.12. The molecule has 0 saturated heterocycles. The van der Waals surface area contributed by atoms with Crippen molar-refractivity contribution in [3.05, 3.63) is 83.9 Å². The van der Waals surface area contributed by atoms with Crippen molar-refractivity contribution >= 4 is 35.0 Å². The molecule has 176 valence electrons. The molecule has 0 spiro atoms. The lowest BCUT2D eigenvalue weighted by Crippen LogP contribution is -2.19. The first-order valence-corrected chi connectivity index (χ1v) is 10.8. The summed E-state index contributed by atoms with van der Waals surface area (Å²) in [5, 5.41) is 8.21. The molecule has 8 nitrogen and oxygen atoms in total. The molecular weight excluding hydrogens is 434 g/mol. The molecule has 8 heteroatoms. The number of hydrogen-bond acceptors (Lipinski definition) is 5. The quantitative estimate of drug-likeness (QED) is 0.416. The number of benzene rings is 3. The maximum Gasteiger partial charge on any atom is 0.411 e. The molecule has 0 radical (unpaired) electrons. The van der Waals surface area contributed by atoms with Gasteiger partial charge >= 0.3 is 6.09 Å². The van der Waals surface area contributed by atoms with Crippen molar-refractivity contribution in [2.24, 2.45) is 5.92 Å². The Bertz CT molecular complexity index is 1160. The molecule has 3 N–H and O–H groups in total. The molecule has 0 bridgehead atoms. The first kappa shape index (κ1) is 24.3. The first-order chi connectivity index (χ1) is 16.4. The SMILES string of the molecule is COc1ccc(C(=O)Nc2ccccc2C(=O)Nc2cccc(NC(=O)OCC(C)C)c2)cc1. The van der Waals surface area contributed by atoms with Crippen LogP contribution in [0.3, 0.4) is 0 Å². The molecule has 0 fully saturated rings. The third-order valence-corrected chi connectivity index (χ3v) is 4.69. The lowest BCUT2D eigenvalue weighted by molar-refractivity contribution is 0.102. The van der Waals surface area contributed by atoms with Gasteiger partial charge in [0.15, 0.2) is 0 Å². The van der Waals surface area contributed by atoms with Crippen molar-refractivity contribution in [1.29, 1.82) is 0 Å². The van der Waals surface area contributed by atoms with E-state index >= 15 is 0 Å². The second-order valence-corrected chi connectivity index (χ2v) is 7.88. The summed E-state index contributed by atoms with van der Waals surface area (Å²) in [6, 6.07) is 20.1. The van der Waals surface area contributed by atoms with E-state index in [0.717, 1.165) is 0 Å². The highest BCUT2D eigenvalue weighted by atomic mass is 16.5. The van der Waals surface area contributed by atoms with Gasteiger partial charge in [-0.3, -0.25) is 14.9 Å². The van der Waals surface area contributed by atoms with Crippen molar-refractivity contribution < 1.29 is 23.9 Å². The molecule has 0 aliphatic carbocycles. The van der Waals surface area contributed by atoms with E-state index in [1.54, 1.807) is 79.9 Å². The summed E-state index contributed by atoms with van der Waals surface area (Å²) in [4.78, 5) is 37.5. The van der Waals surface area contributed by atoms with Crippen LogP contribution in [-0.2, 0) is 4.74 Å². The zero-order valence-corrected chi connectivity index (χ0v) is 19.3. The van der Waals surface area contributed by atoms with Gasteiger partial charge in [-0.15, -0.1) is 0 Å². The van der Waals surface area contributed by atoms with Crippen LogP contribution in [0.15, 0.2) is 72.8 Å². The normalized spacial score (nSPS) is 10.4. The van der Waals surface area contributed by atoms with Crippen LogP contribution in [0.25, 0.3) is 0 Å². The summed E-state index contributed by atoms with van der Waals surface area (Å²) in [6.45, 7) is 4.20. The molecule has 0 saturated carbocycles. The number of amides is 3. The molecule has 3 aromatic rings. The largest absolute Gasteiger partial charge is 0.497 e. The zero-order chi connectivity index (χ0) is 24.5. The van der Waals surface area contributed by atoms with Crippen molar-refractivity contribution in [3.8, 4) is 5.75 Å². The van der Waals surface area contributed by atoms with Gasteiger partial charge < -0.3 is 20.1 Å². The third kappa shape index (κ3) is 6.83. The fourth-order valence-electron chi connectivity index (χ4n) is 3.00. The number of methoxy groups -OCH3 is 1. The van der Waals surface area contributed by atoms with Crippen LogP contribution < -0.4 is 20.7 Å². The highest BCUT2D eigenvalue weighted by Crippen LogP contribution is 2.21. The van der Waals surface area contributed by atoms with Crippen molar-refractivity contribution in [1.82, 2.24) is 0 Å². The van der Waals surface area contributed by atoms with E-state index in [9.17, 15) is 14.4 Å². The van der Waals surface area contributed by atoms with Gasteiger partial charge in [-0.25, -0.2) is 4.79 Å². The standard InChI is InChI=1S/C26H27N3O5/c1-17(2)16-34-26(32)28-20-8-6-7-19(15-20)27-25(31)22-9-4-5-10-23(22)29-24(30)18-11-13-21(33-3)14-12-18/h4-15,17H,16H2,1-3H3,(H,27,31)(H,28,32)(H,29,30). The maximum absolute atomic E-state index is 13.0. The maximum atomic E-state index is 13.0. The molecule has 0 aliphatic rings. The number of rotatable bonds is 8. The van der Waals surface area contributed by atoms with Crippen LogP contribution in [0.1, 0.15) is 34.6 Å². The number of para-hydroxylation sites is 1. The summed E-state index contributed by atoms with van der Waals surface area (Å²) >= 11 is 0. The summed E-state index contributed by atoms with van der Waals surface area (Å²) < 4.78 is 10.2. The molecule has 3 amide bonds. The van der Waals surface area contributed by atoms with Crippen LogP contribution in [0, 0.1) is 5.92 Å². The third-order valence-electron chi connectivity index (χ3n) is 4.69. The fourth-order valence-corrected chi connectivity index (χ4v) is 3.00. The first-order valence-electron chi connectivity index (χ1n) is 10.8. The number of hydrogen-bond donors (Lipinski definition) is 3. The molecule has 0 aliphatic heterocycles. The van der Waals surface area contributed by atoms with Crippen molar-refractivity contribution in [2.75, 3.05) is 29.7 Å². The Morgan fingerprint density at radius 1 is 0.794 bits per heavy atom. The molecule has 3 aromatic carbocycles. The Hall–Kier alpha value is -4.33. The van der Waals surface area contributed by atoms with Crippen LogP contribution in [0.4, 0.5) is 21.9 Å². The van der Waals surface area contributed by atoms with Gasteiger partial charge in [-0.05, 0) is 60.5 Å². The van der Waals surface area contributed by atoms with E-state index < -0.39 is 12.0 Å². The van der Waals surface area contributed by atoms with E-state index in [0.29, 0.717) is 40.5 Å². The summed E-state index contributed by atoms with van der Waals surface area (Å²) in [6.07, 6.45) is -0.566. The van der Waals surface area contributed by atoms with E-state index in [1.165, 1.54) is 0 Å². The van der Waals surface area contributed by atoms with Gasteiger partial charge in [0.1, 0.15) is 5.75 Å². The molecule has 3 rings (SSSR count). The molecule has 0 aromatic heterocycles. The average Bonchev–Trinajstić information content (AvgIpc) is 2.83. The van der Waals surface area contributed by atoms with Gasteiger partial charge in [0, 0.05) is 16.9 Å². The lowest BCUT2D eigenvalue weighted by atomic mass is 10.1. The number of anilines is 3. The Morgan fingerprint density at radius 2 is 1.47 bits per heavy atom. The minimum atomic E-state index is -0.566. The summed E-state index contributed by atoms with van der Waals surface area (Å²) in [5.74, 6) is 0.0991. The molecular formula is C26H27N3O5. The topological polar surface area (TPSA) is 106 Å². The Balaban J connectivity index is 1.69. The van der Waals surface area contributed by atoms with Crippen molar-refractivity contribution in [3.63, 3.8) is 0 Å². The lowest BCUT2D eigenvalue weighted by Gasteiger charge is -2.13. The molecule has 0 heterocycles. The summed E-state index contributed by atoms with van der Waals surface area (Å²) in [5.41, 5.74) is 2.04. The fraction of sp³-hybridized carbons (Fsp3) is 0.192. The predicted molar refractivity (Wildman–Crippen MR) is 132 cm³/mol. The highest BCUT2D eigenvalue weighted by Gasteiger charge is 2.15. The molecule has 0 unspecified atom stereocenters. The number of carbonyl (C=O) groups excluding carboxylic acids is 3. The second-order valence-electron chi connectivity index (χ2n) is 7.88. The minimum Gasteiger partial charge on any atom is -0.497 e. The van der Waals surface area contributed by atoms with Gasteiger partial charge in [-0.2, -0.15) is 0 Å². The van der Waals surface area contributed by atoms with Gasteiger partial charge in [0.25, 0.3) is 11.8 Å². The van der Waals surface area contributed by atoms with E-state index in [2.05, 4.69) is 16.0 Å². The van der Waals surface area contributed by atoms with Crippen molar-refractivity contribution in [2.45, 2.75) is 13.8 Å². The monoisotopic (exact) mass is 461 g/mol.